The summed E-state index contributed by atoms with van der Waals surface area (Å²) in [5.41, 5.74) is 0.523. The van der Waals surface area contributed by atoms with E-state index in [1.165, 1.54) is 12.5 Å². The Morgan fingerprint density at radius 2 is 1.70 bits per heavy atom. The highest BCUT2D eigenvalue weighted by Gasteiger charge is 2.24. The van der Waals surface area contributed by atoms with Crippen LogP contribution in [0.4, 0.5) is 0 Å². The van der Waals surface area contributed by atoms with Crippen molar-refractivity contribution in [2.75, 3.05) is 0 Å². The first kappa shape index (κ1) is 19.1. The number of hydrogen-bond donors (Lipinski definition) is 2. The molecule has 0 fully saturated rings. The number of fused-ring (bicyclic) bond motifs is 1. The fourth-order valence-electron chi connectivity index (χ4n) is 2.99. The molecule has 0 aliphatic rings. The van der Waals surface area contributed by atoms with Gasteiger partial charge >= 0.3 is 5.56 Å². The summed E-state index contributed by atoms with van der Waals surface area (Å²) in [7, 11) is 0. The van der Waals surface area contributed by atoms with Crippen LogP contribution >= 0.6 is 0 Å². The van der Waals surface area contributed by atoms with Gasteiger partial charge in [-0.1, -0.05) is 60.7 Å². The highest BCUT2D eigenvalue weighted by Crippen LogP contribution is 2.24. The summed E-state index contributed by atoms with van der Waals surface area (Å²) in [6.45, 7) is 0.280. The molecule has 2 aromatic carbocycles. The lowest BCUT2D eigenvalue weighted by molar-refractivity contribution is 0.0891. The second-order valence-corrected chi connectivity index (χ2v) is 6.51. The summed E-state index contributed by atoms with van der Waals surface area (Å²) in [5, 5.41) is 13.4. The second kappa shape index (κ2) is 8.44. The molecule has 0 unspecified atom stereocenters. The van der Waals surface area contributed by atoms with Crippen molar-refractivity contribution < 1.29 is 14.7 Å². The third-order valence-corrected chi connectivity index (χ3v) is 4.50. The van der Waals surface area contributed by atoms with E-state index in [4.69, 9.17) is 4.84 Å². The Hall–Kier alpha value is -4.20. The van der Waals surface area contributed by atoms with Crippen LogP contribution in [-0.2, 0) is 13.2 Å². The fourth-order valence-corrected chi connectivity index (χ4v) is 2.99. The van der Waals surface area contributed by atoms with Gasteiger partial charge < -0.3 is 15.3 Å². The number of rotatable bonds is 6. The van der Waals surface area contributed by atoms with Gasteiger partial charge in [-0.3, -0.25) is 9.59 Å². The van der Waals surface area contributed by atoms with Crippen LogP contribution in [0.25, 0.3) is 11.0 Å². The molecule has 0 aliphatic heterocycles. The minimum absolute atomic E-state index is 0.0723. The van der Waals surface area contributed by atoms with Gasteiger partial charge in [-0.2, -0.15) is 0 Å². The Bertz CT molecular complexity index is 1240. The Labute approximate surface area is 171 Å². The third-order valence-electron chi connectivity index (χ3n) is 4.50. The summed E-state index contributed by atoms with van der Waals surface area (Å²) < 4.78 is 0.918. The molecule has 8 heteroatoms. The Morgan fingerprint density at radius 3 is 2.40 bits per heavy atom. The number of nitrogens with one attached hydrogen (secondary N) is 1. The lowest BCUT2D eigenvalue weighted by Gasteiger charge is -2.14. The SMILES string of the molecule is O=C(NCc1ccccc1)c1c(O)c2cncnc2n(OCc2ccccc2)c1=O. The zero-order valence-corrected chi connectivity index (χ0v) is 15.9. The van der Waals surface area contributed by atoms with Crippen LogP contribution in [0.2, 0.25) is 0 Å². The number of aromatic hydroxyl groups is 1. The lowest BCUT2D eigenvalue weighted by Crippen LogP contribution is -2.36. The molecule has 8 nitrogen and oxygen atoms in total. The van der Waals surface area contributed by atoms with Crippen molar-refractivity contribution in [3.63, 3.8) is 0 Å². The van der Waals surface area contributed by atoms with Crippen LogP contribution in [0.5, 0.6) is 5.75 Å². The third kappa shape index (κ3) is 3.83. The number of nitrogens with zero attached hydrogens (tertiary/aromatic N) is 3. The van der Waals surface area contributed by atoms with Crippen LogP contribution < -0.4 is 15.7 Å². The first-order valence-electron chi connectivity index (χ1n) is 9.22. The van der Waals surface area contributed by atoms with Crippen LogP contribution in [0, 0.1) is 0 Å². The predicted molar refractivity (Wildman–Crippen MR) is 110 cm³/mol. The molecule has 150 valence electrons. The van der Waals surface area contributed by atoms with E-state index in [0.717, 1.165) is 15.9 Å². The molecule has 0 bridgehead atoms. The molecule has 4 rings (SSSR count). The second-order valence-electron chi connectivity index (χ2n) is 6.51. The zero-order valence-electron chi connectivity index (χ0n) is 15.9. The van der Waals surface area contributed by atoms with Gasteiger partial charge in [-0.25, -0.2) is 9.97 Å². The summed E-state index contributed by atoms with van der Waals surface area (Å²) >= 11 is 0. The van der Waals surface area contributed by atoms with Crippen molar-refractivity contribution in [3.05, 3.63) is 100 Å². The van der Waals surface area contributed by atoms with E-state index in [1.807, 2.05) is 60.7 Å². The van der Waals surface area contributed by atoms with Gasteiger partial charge in [0, 0.05) is 12.7 Å². The van der Waals surface area contributed by atoms with Crippen molar-refractivity contribution in [1.82, 2.24) is 20.0 Å². The first-order valence-corrected chi connectivity index (χ1v) is 9.22. The van der Waals surface area contributed by atoms with Crippen LogP contribution in [-0.4, -0.2) is 25.7 Å². The van der Waals surface area contributed by atoms with Crippen molar-refractivity contribution in [3.8, 4) is 5.75 Å². The number of carbonyl (C=O) groups is 1. The molecule has 1 amide bonds. The fraction of sp³-hybridized carbons (Fsp3) is 0.0909. The number of hydrogen-bond acceptors (Lipinski definition) is 6. The van der Waals surface area contributed by atoms with Gasteiger partial charge in [0.05, 0.1) is 5.39 Å². The quantitative estimate of drug-likeness (QED) is 0.511. The van der Waals surface area contributed by atoms with Crippen LogP contribution in [0.1, 0.15) is 21.5 Å². The number of amides is 1. The highest BCUT2D eigenvalue weighted by molar-refractivity contribution is 6.01. The van der Waals surface area contributed by atoms with Gasteiger partial charge in [-0.05, 0) is 11.1 Å². The van der Waals surface area contributed by atoms with E-state index in [2.05, 4.69) is 15.3 Å². The molecule has 0 spiro atoms. The van der Waals surface area contributed by atoms with E-state index >= 15 is 0 Å². The van der Waals surface area contributed by atoms with Gasteiger partial charge in [0.25, 0.3) is 5.91 Å². The molecule has 0 saturated carbocycles. The molecule has 30 heavy (non-hydrogen) atoms. The summed E-state index contributed by atoms with van der Waals surface area (Å²) in [4.78, 5) is 39.4. The summed E-state index contributed by atoms with van der Waals surface area (Å²) in [6.07, 6.45) is 2.56. The molecule has 0 saturated heterocycles. The molecular formula is C22H18N4O4. The minimum atomic E-state index is -0.805. The van der Waals surface area contributed by atoms with Gasteiger partial charge in [0.15, 0.2) is 11.2 Å². The predicted octanol–water partition coefficient (Wildman–Crippen LogP) is 2.06. The minimum Gasteiger partial charge on any atom is -0.506 e. The Kier molecular flexibility index (Phi) is 5.38. The van der Waals surface area contributed by atoms with Crippen LogP contribution in [0.15, 0.2) is 78.0 Å². The number of pyridine rings is 1. The standard InChI is InChI=1S/C22H18N4O4/c27-19-17-12-23-14-25-20(17)26(30-13-16-9-5-2-6-10-16)22(29)18(19)21(28)24-11-15-7-3-1-4-8-15/h1-10,12,14,27H,11,13H2,(H,24,28). The van der Waals surface area contributed by atoms with Crippen molar-refractivity contribution >= 4 is 16.9 Å². The van der Waals surface area contributed by atoms with Gasteiger partial charge in [0.1, 0.15) is 18.7 Å². The smallest absolute Gasteiger partial charge is 0.301 e. The van der Waals surface area contributed by atoms with Gasteiger partial charge in [-0.15, -0.1) is 4.73 Å². The van der Waals surface area contributed by atoms with E-state index in [9.17, 15) is 14.7 Å². The summed E-state index contributed by atoms with van der Waals surface area (Å²) in [5.74, 6) is -1.20. The maximum absolute atomic E-state index is 13.0. The Morgan fingerprint density at radius 1 is 1.03 bits per heavy atom. The van der Waals surface area contributed by atoms with Crippen molar-refractivity contribution in [2.45, 2.75) is 13.2 Å². The van der Waals surface area contributed by atoms with E-state index in [-0.39, 0.29) is 24.2 Å². The molecule has 0 radical (unpaired) electrons. The first-order chi connectivity index (χ1) is 14.6. The van der Waals surface area contributed by atoms with Gasteiger partial charge in [0.2, 0.25) is 0 Å². The molecular weight excluding hydrogens is 384 g/mol. The monoisotopic (exact) mass is 402 g/mol. The lowest BCUT2D eigenvalue weighted by atomic mass is 10.1. The maximum Gasteiger partial charge on any atom is 0.301 e. The largest absolute Gasteiger partial charge is 0.506 e. The average Bonchev–Trinajstić information content (AvgIpc) is 2.79. The molecule has 2 N–H and O–H groups in total. The van der Waals surface area contributed by atoms with Crippen molar-refractivity contribution in [1.29, 1.82) is 0 Å². The Balaban J connectivity index is 1.70. The topological polar surface area (TPSA) is 106 Å². The number of aromatic nitrogens is 3. The highest BCUT2D eigenvalue weighted by atomic mass is 16.7. The summed E-state index contributed by atoms with van der Waals surface area (Å²) in [6, 6.07) is 18.5. The molecule has 4 aromatic rings. The number of benzene rings is 2. The van der Waals surface area contributed by atoms with Crippen molar-refractivity contribution in [2.24, 2.45) is 0 Å². The molecule has 2 aromatic heterocycles. The van der Waals surface area contributed by atoms with E-state index < -0.39 is 22.8 Å². The molecule has 0 aliphatic carbocycles. The number of carbonyl (C=O) groups excluding carboxylic acids is 1. The van der Waals surface area contributed by atoms with E-state index in [1.54, 1.807) is 0 Å². The molecule has 0 atom stereocenters. The van der Waals surface area contributed by atoms with Crippen LogP contribution in [0.3, 0.4) is 0 Å². The normalized spacial score (nSPS) is 10.7. The maximum atomic E-state index is 13.0. The molecule has 2 heterocycles. The average molecular weight is 402 g/mol. The zero-order chi connectivity index (χ0) is 20.9. The van der Waals surface area contributed by atoms with E-state index in [0.29, 0.717) is 0 Å².